The van der Waals surface area contributed by atoms with Crippen LogP contribution < -0.4 is 9.64 Å². The zero-order chi connectivity index (χ0) is 34.5. The first kappa shape index (κ1) is 30.5. The molecule has 0 N–H and O–H groups in total. The van der Waals surface area contributed by atoms with Crippen LogP contribution in [0.15, 0.2) is 210 Å². The van der Waals surface area contributed by atoms with Crippen molar-refractivity contribution in [3.05, 3.63) is 222 Å². The smallest absolute Gasteiger partial charge is 0.132 e. The monoisotopic (exact) mass is 683 g/mol. The number of nitrogens with zero attached hydrogens (tertiary/aromatic N) is 1. The molecule has 0 aliphatic carbocycles. The van der Waals surface area contributed by atoms with Gasteiger partial charge in [0.25, 0.3) is 0 Å². The van der Waals surface area contributed by atoms with Gasteiger partial charge in [0.2, 0.25) is 0 Å². The summed E-state index contributed by atoms with van der Waals surface area (Å²) >= 11 is 1.86. The van der Waals surface area contributed by atoms with Crippen LogP contribution in [-0.4, -0.2) is 0 Å². The number of hydrogen-bond donors (Lipinski definition) is 0. The van der Waals surface area contributed by atoms with Crippen LogP contribution in [0.5, 0.6) is 11.5 Å². The van der Waals surface area contributed by atoms with Gasteiger partial charge in [-0.05, 0) is 81.9 Å². The molecular weight excluding hydrogens is 651 g/mol. The molecule has 0 saturated carbocycles. The van der Waals surface area contributed by atoms with E-state index in [-0.39, 0.29) is 0 Å². The summed E-state index contributed by atoms with van der Waals surface area (Å²) in [6.45, 7) is 0. The van der Waals surface area contributed by atoms with Crippen molar-refractivity contribution in [1.82, 2.24) is 0 Å². The lowest BCUT2D eigenvalue weighted by atomic mass is 9.63. The molecule has 2 aliphatic heterocycles. The van der Waals surface area contributed by atoms with Gasteiger partial charge in [-0.2, -0.15) is 0 Å². The average Bonchev–Trinajstić information content (AvgIpc) is 3.22. The number of para-hydroxylation sites is 2. The van der Waals surface area contributed by atoms with Gasteiger partial charge >= 0.3 is 0 Å². The summed E-state index contributed by atoms with van der Waals surface area (Å²) in [4.78, 5) is 4.90. The highest BCUT2D eigenvalue weighted by atomic mass is 32.2. The molecule has 3 heteroatoms. The fraction of sp³-hybridized carbons (Fsp3) is 0.0204. The lowest BCUT2D eigenvalue weighted by Gasteiger charge is -2.46. The van der Waals surface area contributed by atoms with Crippen LogP contribution in [0.3, 0.4) is 0 Å². The second-order valence-corrected chi connectivity index (χ2v) is 14.3. The van der Waals surface area contributed by atoms with E-state index in [2.05, 4.69) is 205 Å². The molecule has 0 fully saturated rings. The number of fused-ring (bicyclic) bond motifs is 8. The molecule has 2 aliphatic rings. The van der Waals surface area contributed by atoms with Gasteiger partial charge in [0.1, 0.15) is 11.5 Å². The Morgan fingerprint density at radius 2 is 0.808 bits per heavy atom. The molecule has 52 heavy (non-hydrogen) atoms. The predicted molar refractivity (Wildman–Crippen MR) is 215 cm³/mol. The maximum Gasteiger partial charge on any atom is 0.132 e. The van der Waals surface area contributed by atoms with Gasteiger partial charge in [0.05, 0.1) is 11.1 Å². The van der Waals surface area contributed by atoms with Gasteiger partial charge in [0.15, 0.2) is 0 Å². The molecule has 10 rings (SSSR count). The highest BCUT2D eigenvalue weighted by molar-refractivity contribution is 7.99. The molecule has 0 saturated heterocycles. The van der Waals surface area contributed by atoms with E-state index in [1.807, 2.05) is 11.8 Å². The Morgan fingerprint density at radius 1 is 0.365 bits per heavy atom. The lowest BCUT2D eigenvalue weighted by Crippen LogP contribution is -2.37. The van der Waals surface area contributed by atoms with Gasteiger partial charge in [0, 0.05) is 32.3 Å². The third-order valence-electron chi connectivity index (χ3n) is 10.4. The van der Waals surface area contributed by atoms with Gasteiger partial charge in [-0.25, -0.2) is 0 Å². The quantitative estimate of drug-likeness (QED) is 0.179. The van der Waals surface area contributed by atoms with E-state index in [1.54, 1.807) is 0 Å². The number of rotatable bonds is 5. The minimum absolute atomic E-state index is 0.571. The molecule has 0 unspecified atom stereocenters. The first-order chi connectivity index (χ1) is 25.8. The molecular formula is C49H33NOS. The molecule has 2 nitrogen and oxygen atoms in total. The third kappa shape index (κ3) is 4.81. The van der Waals surface area contributed by atoms with E-state index in [0.717, 1.165) is 39.7 Å². The van der Waals surface area contributed by atoms with Crippen molar-refractivity contribution in [2.24, 2.45) is 0 Å². The van der Waals surface area contributed by atoms with Gasteiger partial charge < -0.3 is 9.64 Å². The molecule has 0 amide bonds. The summed E-state index contributed by atoms with van der Waals surface area (Å²) < 4.78 is 6.63. The lowest BCUT2D eigenvalue weighted by molar-refractivity contribution is 0.431. The Morgan fingerprint density at radius 3 is 1.37 bits per heavy atom. The van der Waals surface area contributed by atoms with Crippen molar-refractivity contribution in [1.29, 1.82) is 0 Å². The molecule has 2 heterocycles. The highest BCUT2D eigenvalue weighted by Crippen LogP contribution is 2.63. The molecule has 0 atom stereocenters. The normalized spacial score (nSPS) is 13.2. The number of anilines is 3. The van der Waals surface area contributed by atoms with E-state index in [4.69, 9.17) is 4.74 Å². The number of benzene rings is 8. The minimum atomic E-state index is -0.571. The summed E-state index contributed by atoms with van der Waals surface area (Å²) in [6.07, 6.45) is 0. The Hall–Kier alpha value is -6.29. The molecule has 8 aromatic carbocycles. The van der Waals surface area contributed by atoms with Crippen LogP contribution in [0.4, 0.5) is 17.1 Å². The Bertz CT molecular complexity index is 2420. The highest BCUT2D eigenvalue weighted by Gasteiger charge is 2.50. The van der Waals surface area contributed by atoms with Crippen molar-refractivity contribution in [3.8, 4) is 33.8 Å². The van der Waals surface area contributed by atoms with Crippen LogP contribution in [0.1, 0.15) is 22.3 Å². The summed E-state index contributed by atoms with van der Waals surface area (Å²) in [6, 6.07) is 72.0. The standard InChI is InChI=1S/C49H33NOS/c1-3-14-34(15-4-1)36-26-30-38(31-27-36)50(39-32-28-37(29-33-39)35-16-5-2-6-17-35)44-22-13-21-43-48(44)52-47-25-12-9-20-42(47)49(43)40-18-7-10-23-45(40)51-46-24-11-8-19-41(46)49/h1-33H. The van der Waals surface area contributed by atoms with Gasteiger partial charge in [-0.1, -0.05) is 163 Å². The van der Waals surface area contributed by atoms with Crippen LogP contribution in [0.2, 0.25) is 0 Å². The summed E-state index contributed by atoms with van der Waals surface area (Å²) in [5.74, 6) is 1.79. The Kier molecular flexibility index (Phi) is 7.33. The SMILES string of the molecule is c1ccc(-c2ccc(N(c3ccc(-c4ccccc4)cc3)c3cccc4c3Sc3ccccc3C43c4ccccc4Oc4ccccc43)cc2)cc1. The fourth-order valence-corrected chi connectivity index (χ4v) is 9.39. The minimum Gasteiger partial charge on any atom is -0.457 e. The fourth-order valence-electron chi connectivity index (χ4n) is 8.09. The van der Waals surface area contributed by atoms with E-state index in [1.165, 1.54) is 43.2 Å². The predicted octanol–water partition coefficient (Wildman–Crippen LogP) is 13.4. The number of ether oxygens (including phenoxy) is 1. The largest absolute Gasteiger partial charge is 0.457 e. The van der Waals surface area contributed by atoms with Crippen molar-refractivity contribution >= 4 is 28.8 Å². The molecule has 0 bridgehead atoms. The maximum absolute atomic E-state index is 6.63. The van der Waals surface area contributed by atoms with E-state index in [9.17, 15) is 0 Å². The van der Waals surface area contributed by atoms with Crippen molar-refractivity contribution < 1.29 is 4.74 Å². The van der Waals surface area contributed by atoms with Crippen LogP contribution in [0.25, 0.3) is 22.3 Å². The first-order valence-corrected chi connectivity index (χ1v) is 18.5. The van der Waals surface area contributed by atoms with Crippen LogP contribution in [-0.2, 0) is 5.41 Å². The Balaban J connectivity index is 1.22. The first-order valence-electron chi connectivity index (χ1n) is 17.7. The average molecular weight is 684 g/mol. The van der Waals surface area contributed by atoms with Crippen LogP contribution in [0, 0.1) is 0 Å². The summed E-state index contributed by atoms with van der Waals surface area (Å²) in [5, 5.41) is 0. The van der Waals surface area contributed by atoms with Gasteiger partial charge in [-0.3, -0.25) is 0 Å². The van der Waals surface area contributed by atoms with Crippen molar-refractivity contribution in [2.45, 2.75) is 15.2 Å². The molecule has 1 spiro atoms. The summed E-state index contributed by atoms with van der Waals surface area (Å²) in [7, 11) is 0. The van der Waals surface area contributed by atoms with E-state index < -0.39 is 5.41 Å². The van der Waals surface area contributed by atoms with E-state index in [0.29, 0.717) is 0 Å². The second kappa shape index (κ2) is 12.5. The molecule has 8 aromatic rings. The van der Waals surface area contributed by atoms with Crippen molar-refractivity contribution in [2.75, 3.05) is 4.90 Å². The molecule has 0 radical (unpaired) electrons. The third-order valence-corrected chi connectivity index (χ3v) is 11.6. The Labute approximate surface area is 308 Å². The topological polar surface area (TPSA) is 12.5 Å². The summed E-state index contributed by atoms with van der Waals surface area (Å²) in [5.41, 5.74) is 12.4. The molecule has 246 valence electrons. The zero-order valence-corrected chi connectivity index (χ0v) is 29.1. The number of hydrogen-bond acceptors (Lipinski definition) is 3. The molecule has 0 aromatic heterocycles. The van der Waals surface area contributed by atoms with Crippen molar-refractivity contribution in [3.63, 3.8) is 0 Å². The van der Waals surface area contributed by atoms with E-state index >= 15 is 0 Å². The second-order valence-electron chi connectivity index (χ2n) is 13.3. The van der Waals surface area contributed by atoms with Crippen LogP contribution >= 0.6 is 11.8 Å². The maximum atomic E-state index is 6.63. The van der Waals surface area contributed by atoms with Gasteiger partial charge in [-0.15, -0.1) is 0 Å². The zero-order valence-electron chi connectivity index (χ0n) is 28.3.